The molecule has 0 saturated carbocycles. The molecular weight excluding hydrogens is 398 g/mol. The van der Waals surface area contributed by atoms with Crippen molar-refractivity contribution < 1.29 is 9.47 Å². The lowest BCUT2D eigenvalue weighted by Gasteiger charge is -2.15. The van der Waals surface area contributed by atoms with E-state index in [0.717, 1.165) is 28.2 Å². The smallest absolute Gasteiger partial charge is 0.131 e. The Morgan fingerprint density at radius 2 is 1.67 bits per heavy atom. The maximum absolute atomic E-state index is 6.42. The van der Waals surface area contributed by atoms with Crippen molar-refractivity contribution >= 4 is 23.8 Å². The molecule has 0 atom stereocenters. The largest absolute Gasteiger partial charge is 0.496 e. The fraction of sp³-hybridized carbons (Fsp3) is 0.0833. The van der Waals surface area contributed by atoms with Gasteiger partial charge in [0.15, 0.2) is 0 Å². The second kappa shape index (κ2) is 8.84. The van der Waals surface area contributed by atoms with Gasteiger partial charge in [0.05, 0.1) is 42.5 Å². The highest BCUT2D eigenvalue weighted by atomic mass is 35.5. The second-order valence-electron chi connectivity index (χ2n) is 6.46. The van der Waals surface area contributed by atoms with Crippen LogP contribution >= 0.6 is 11.6 Å². The first-order chi connectivity index (χ1) is 14.7. The van der Waals surface area contributed by atoms with Gasteiger partial charge in [0.25, 0.3) is 0 Å². The SMILES string of the molecule is COc1cc(OC)c(-c2ccnn2-c2ccccc2Cl)cc1C=Cc1ccccn1. The summed E-state index contributed by atoms with van der Waals surface area (Å²) in [5.41, 5.74) is 4.28. The van der Waals surface area contributed by atoms with E-state index in [2.05, 4.69) is 10.1 Å². The average Bonchev–Trinajstić information content (AvgIpc) is 3.27. The molecule has 0 N–H and O–H groups in total. The van der Waals surface area contributed by atoms with Gasteiger partial charge in [0.2, 0.25) is 0 Å². The molecule has 0 fully saturated rings. The third-order valence-corrected chi connectivity index (χ3v) is 4.99. The standard InChI is InChI=1S/C24H20ClN3O2/c1-29-23-16-24(30-2)19(15-17(23)10-11-18-7-5-6-13-26-18)21-12-14-27-28(21)22-9-4-3-8-20(22)25/h3-16H,1-2H3. The normalized spacial score (nSPS) is 11.0. The highest BCUT2D eigenvalue weighted by Crippen LogP contribution is 2.38. The molecule has 30 heavy (non-hydrogen) atoms. The molecule has 0 unspecified atom stereocenters. The maximum atomic E-state index is 6.42. The van der Waals surface area contributed by atoms with Crippen LogP contribution in [-0.4, -0.2) is 29.0 Å². The zero-order chi connectivity index (χ0) is 20.9. The number of aromatic nitrogens is 3. The molecule has 2 heterocycles. The third kappa shape index (κ3) is 3.93. The summed E-state index contributed by atoms with van der Waals surface area (Å²) >= 11 is 6.42. The van der Waals surface area contributed by atoms with Gasteiger partial charge in [-0.2, -0.15) is 5.10 Å². The number of nitrogens with zero attached hydrogens (tertiary/aromatic N) is 3. The van der Waals surface area contributed by atoms with Crippen molar-refractivity contribution in [3.05, 3.63) is 89.3 Å². The Hall–Kier alpha value is -3.57. The minimum Gasteiger partial charge on any atom is -0.496 e. The molecule has 0 bridgehead atoms. The van der Waals surface area contributed by atoms with Crippen LogP contribution in [0.4, 0.5) is 0 Å². The number of para-hydroxylation sites is 1. The predicted molar refractivity (Wildman–Crippen MR) is 120 cm³/mol. The van der Waals surface area contributed by atoms with E-state index >= 15 is 0 Å². The summed E-state index contributed by atoms with van der Waals surface area (Å²) in [4.78, 5) is 4.34. The molecule has 2 aromatic heterocycles. The Kier molecular flexibility index (Phi) is 5.82. The van der Waals surface area contributed by atoms with Crippen LogP contribution < -0.4 is 9.47 Å². The topological polar surface area (TPSA) is 49.2 Å². The molecule has 0 amide bonds. The van der Waals surface area contributed by atoms with Crippen LogP contribution in [0.2, 0.25) is 5.02 Å². The molecule has 0 aliphatic heterocycles. The summed E-state index contributed by atoms with van der Waals surface area (Å²) < 4.78 is 13.1. The molecule has 2 aromatic carbocycles. The fourth-order valence-corrected chi connectivity index (χ4v) is 3.44. The first-order valence-corrected chi connectivity index (χ1v) is 9.73. The Morgan fingerprint density at radius 1 is 0.867 bits per heavy atom. The maximum Gasteiger partial charge on any atom is 0.131 e. The number of benzene rings is 2. The van der Waals surface area contributed by atoms with Crippen molar-refractivity contribution in [3.8, 4) is 28.4 Å². The number of methoxy groups -OCH3 is 2. The predicted octanol–water partition coefficient (Wildman–Crippen LogP) is 5.78. The first kappa shape index (κ1) is 19.7. The van der Waals surface area contributed by atoms with Gasteiger partial charge < -0.3 is 9.47 Å². The number of pyridine rings is 1. The average molecular weight is 418 g/mol. The van der Waals surface area contributed by atoms with Crippen LogP contribution in [0.1, 0.15) is 11.3 Å². The van der Waals surface area contributed by atoms with E-state index in [9.17, 15) is 0 Å². The molecule has 0 aliphatic rings. The molecule has 5 nitrogen and oxygen atoms in total. The molecule has 4 aromatic rings. The zero-order valence-electron chi connectivity index (χ0n) is 16.6. The van der Waals surface area contributed by atoms with Gasteiger partial charge >= 0.3 is 0 Å². The van der Waals surface area contributed by atoms with E-state index in [1.165, 1.54) is 0 Å². The number of hydrogen-bond acceptors (Lipinski definition) is 4. The van der Waals surface area contributed by atoms with Crippen LogP contribution in [0.5, 0.6) is 11.5 Å². The van der Waals surface area contributed by atoms with Crippen LogP contribution in [0.25, 0.3) is 29.1 Å². The minimum atomic E-state index is 0.616. The van der Waals surface area contributed by atoms with Gasteiger partial charge in [-0.1, -0.05) is 29.8 Å². The van der Waals surface area contributed by atoms with Crippen molar-refractivity contribution in [2.75, 3.05) is 14.2 Å². The fourth-order valence-electron chi connectivity index (χ4n) is 3.23. The summed E-state index contributed by atoms with van der Waals surface area (Å²) in [5.74, 6) is 1.38. The van der Waals surface area contributed by atoms with Crippen LogP contribution in [-0.2, 0) is 0 Å². The molecule has 150 valence electrons. The van der Waals surface area contributed by atoms with Crippen molar-refractivity contribution in [3.63, 3.8) is 0 Å². The van der Waals surface area contributed by atoms with Crippen LogP contribution in [0, 0.1) is 0 Å². The zero-order valence-corrected chi connectivity index (χ0v) is 17.4. The molecule has 6 heteroatoms. The van der Waals surface area contributed by atoms with E-state index < -0.39 is 0 Å². The van der Waals surface area contributed by atoms with Gasteiger partial charge in [-0.25, -0.2) is 4.68 Å². The quantitative estimate of drug-likeness (QED) is 0.399. The first-order valence-electron chi connectivity index (χ1n) is 9.35. The minimum absolute atomic E-state index is 0.616. The lowest BCUT2D eigenvalue weighted by Crippen LogP contribution is -2.01. The van der Waals surface area contributed by atoms with E-state index in [0.29, 0.717) is 16.5 Å². The van der Waals surface area contributed by atoms with Crippen molar-refractivity contribution in [2.24, 2.45) is 0 Å². The third-order valence-electron chi connectivity index (χ3n) is 4.67. The van der Waals surface area contributed by atoms with E-state index in [1.54, 1.807) is 31.3 Å². The van der Waals surface area contributed by atoms with Crippen LogP contribution in [0.3, 0.4) is 0 Å². The van der Waals surface area contributed by atoms with E-state index in [-0.39, 0.29) is 0 Å². The lowest BCUT2D eigenvalue weighted by atomic mass is 10.0. The van der Waals surface area contributed by atoms with Crippen LogP contribution in [0.15, 0.2) is 73.1 Å². The van der Waals surface area contributed by atoms with Gasteiger partial charge in [0.1, 0.15) is 11.5 Å². The van der Waals surface area contributed by atoms with E-state index in [1.807, 2.05) is 72.8 Å². The summed E-state index contributed by atoms with van der Waals surface area (Å²) in [7, 11) is 3.28. The molecular formula is C24H20ClN3O2. The molecule has 0 radical (unpaired) electrons. The summed E-state index contributed by atoms with van der Waals surface area (Å²) in [5, 5.41) is 5.10. The number of hydrogen-bond donors (Lipinski definition) is 0. The Labute approximate surface area is 180 Å². The van der Waals surface area contributed by atoms with E-state index in [4.69, 9.17) is 21.1 Å². The Bertz CT molecular complexity index is 1190. The van der Waals surface area contributed by atoms with Crippen molar-refractivity contribution in [1.29, 1.82) is 0 Å². The molecule has 0 aliphatic carbocycles. The molecule has 0 saturated heterocycles. The Balaban J connectivity index is 1.84. The second-order valence-corrected chi connectivity index (χ2v) is 6.87. The van der Waals surface area contributed by atoms with Gasteiger partial charge in [-0.05, 0) is 48.6 Å². The molecule has 4 rings (SSSR count). The highest BCUT2D eigenvalue weighted by Gasteiger charge is 2.17. The van der Waals surface area contributed by atoms with Gasteiger partial charge in [0, 0.05) is 23.4 Å². The summed E-state index contributed by atoms with van der Waals surface area (Å²) in [6.07, 6.45) is 7.42. The number of ether oxygens (including phenoxy) is 2. The van der Waals surface area contributed by atoms with Gasteiger partial charge in [-0.15, -0.1) is 0 Å². The molecule has 0 spiro atoms. The number of halogens is 1. The highest BCUT2D eigenvalue weighted by molar-refractivity contribution is 6.32. The number of rotatable bonds is 6. The van der Waals surface area contributed by atoms with Crippen molar-refractivity contribution in [2.45, 2.75) is 0 Å². The van der Waals surface area contributed by atoms with Crippen molar-refractivity contribution in [1.82, 2.24) is 14.8 Å². The Morgan fingerprint density at radius 3 is 2.40 bits per heavy atom. The van der Waals surface area contributed by atoms with Gasteiger partial charge in [-0.3, -0.25) is 4.98 Å². The summed E-state index contributed by atoms with van der Waals surface area (Å²) in [6.45, 7) is 0. The lowest BCUT2D eigenvalue weighted by molar-refractivity contribution is 0.394. The summed E-state index contributed by atoms with van der Waals surface area (Å²) in [6, 6.07) is 19.2. The monoisotopic (exact) mass is 417 g/mol.